The van der Waals surface area contributed by atoms with E-state index in [1.807, 2.05) is 0 Å². The number of fused-ring (bicyclic) bond motifs is 1. The van der Waals surface area contributed by atoms with E-state index in [9.17, 15) is 9.59 Å². The number of thioether (sulfide) groups is 1. The van der Waals surface area contributed by atoms with Crippen molar-refractivity contribution in [3.63, 3.8) is 0 Å². The summed E-state index contributed by atoms with van der Waals surface area (Å²) >= 11 is 1.65. The molecule has 1 aromatic carbocycles. The number of carbonyl (C=O) groups is 2. The molecule has 18 heavy (non-hydrogen) atoms. The maximum Gasteiger partial charge on any atom is 0.261 e. The third kappa shape index (κ3) is 1.69. The van der Waals surface area contributed by atoms with Crippen LogP contribution in [0.2, 0.25) is 0 Å². The van der Waals surface area contributed by atoms with Crippen molar-refractivity contribution in [1.29, 1.82) is 0 Å². The van der Waals surface area contributed by atoms with Gasteiger partial charge in [-0.25, -0.2) is 0 Å². The first-order chi connectivity index (χ1) is 8.66. The average molecular weight is 261 g/mol. The van der Waals surface area contributed by atoms with Crippen LogP contribution in [0.3, 0.4) is 0 Å². The van der Waals surface area contributed by atoms with E-state index in [0.29, 0.717) is 11.1 Å². The summed E-state index contributed by atoms with van der Waals surface area (Å²) < 4.78 is 0. The molecule has 1 aromatic rings. The van der Waals surface area contributed by atoms with E-state index < -0.39 is 0 Å². The van der Waals surface area contributed by atoms with Crippen molar-refractivity contribution >= 4 is 34.4 Å². The predicted molar refractivity (Wildman–Crippen MR) is 71.2 cm³/mol. The molecule has 0 radical (unpaired) electrons. The Morgan fingerprint density at radius 1 is 1.28 bits per heavy atom. The lowest BCUT2D eigenvalue weighted by Gasteiger charge is -2.05. The molecule has 3 rings (SSSR count). The lowest BCUT2D eigenvalue weighted by molar-refractivity contribution is 0.0693. The molecule has 0 saturated heterocycles. The Kier molecular flexibility index (Phi) is 2.59. The van der Waals surface area contributed by atoms with Crippen molar-refractivity contribution in [2.45, 2.75) is 0 Å². The van der Waals surface area contributed by atoms with E-state index in [2.05, 4.69) is 10.3 Å². The molecule has 0 spiro atoms. The molecule has 2 amide bonds. The highest BCUT2D eigenvalue weighted by atomic mass is 32.2. The Labute approximate surface area is 108 Å². The van der Waals surface area contributed by atoms with Gasteiger partial charge in [-0.2, -0.15) is 0 Å². The molecule has 0 bridgehead atoms. The first kappa shape index (κ1) is 11.3. The van der Waals surface area contributed by atoms with Crippen molar-refractivity contribution in [3.05, 3.63) is 29.3 Å². The van der Waals surface area contributed by atoms with Crippen molar-refractivity contribution in [2.75, 3.05) is 24.7 Å². The highest BCUT2D eigenvalue weighted by molar-refractivity contribution is 8.14. The zero-order valence-electron chi connectivity index (χ0n) is 9.77. The zero-order chi connectivity index (χ0) is 12.7. The molecule has 0 atom stereocenters. The van der Waals surface area contributed by atoms with Crippen LogP contribution in [-0.2, 0) is 0 Å². The molecule has 0 saturated carbocycles. The topological polar surface area (TPSA) is 61.8 Å². The number of nitrogens with one attached hydrogen (secondary N) is 1. The molecule has 0 fully saturated rings. The number of hydrogen-bond acceptors (Lipinski definition) is 5. The Balaban J connectivity index is 1.92. The van der Waals surface area contributed by atoms with Gasteiger partial charge in [0.05, 0.1) is 17.7 Å². The van der Waals surface area contributed by atoms with Gasteiger partial charge in [0.1, 0.15) is 0 Å². The van der Waals surface area contributed by atoms with Gasteiger partial charge in [-0.05, 0) is 18.2 Å². The quantitative estimate of drug-likeness (QED) is 0.777. The van der Waals surface area contributed by atoms with Gasteiger partial charge in [-0.3, -0.25) is 19.5 Å². The molecule has 1 N–H and O–H groups in total. The summed E-state index contributed by atoms with van der Waals surface area (Å²) in [7, 11) is 1.49. The summed E-state index contributed by atoms with van der Waals surface area (Å²) in [4.78, 5) is 29.0. The standard InChI is InChI=1S/C12H11N3O2S/c1-15-10(16)8-3-2-7(6-9(8)11(15)17)14-12-13-4-5-18-12/h2-3,6H,4-5H2,1H3,(H,13,14). The number of amides is 2. The molecule has 0 aliphatic carbocycles. The number of carbonyl (C=O) groups excluding carboxylic acids is 2. The highest BCUT2D eigenvalue weighted by Crippen LogP contribution is 2.25. The van der Waals surface area contributed by atoms with Crippen molar-refractivity contribution < 1.29 is 9.59 Å². The largest absolute Gasteiger partial charge is 0.335 e. The van der Waals surface area contributed by atoms with Gasteiger partial charge < -0.3 is 5.32 Å². The fourth-order valence-electron chi connectivity index (χ4n) is 1.97. The fraction of sp³-hybridized carbons (Fsp3) is 0.250. The third-order valence-electron chi connectivity index (χ3n) is 2.93. The smallest absolute Gasteiger partial charge is 0.261 e. The molecule has 2 aliphatic rings. The van der Waals surface area contributed by atoms with Crippen LogP contribution < -0.4 is 5.32 Å². The molecule has 2 heterocycles. The second-order valence-electron chi connectivity index (χ2n) is 4.09. The maximum atomic E-state index is 11.8. The van der Waals surface area contributed by atoms with Gasteiger partial charge in [-0.1, -0.05) is 11.8 Å². The number of aliphatic imine (C=N–C) groups is 1. The van der Waals surface area contributed by atoms with E-state index >= 15 is 0 Å². The van der Waals surface area contributed by atoms with Crippen LogP contribution in [0.1, 0.15) is 20.7 Å². The summed E-state index contributed by atoms with van der Waals surface area (Å²) in [6.45, 7) is 0.818. The van der Waals surface area contributed by atoms with Crippen LogP contribution in [0.4, 0.5) is 5.69 Å². The van der Waals surface area contributed by atoms with Gasteiger partial charge in [-0.15, -0.1) is 0 Å². The zero-order valence-corrected chi connectivity index (χ0v) is 10.6. The molecular weight excluding hydrogens is 250 g/mol. The van der Waals surface area contributed by atoms with Gasteiger partial charge in [0.15, 0.2) is 5.17 Å². The summed E-state index contributed by atoms with van der Waals surface area (Å²) in [6, 6.07) is 5.19. The average Bonchev–Trinajstić information content (AvgIpc) is 2.95. The number of benzene rings is 1. The molecule has 5 nitrogen and oxygen atoms in total. The minimum Gasteiger partial charge on any atom is -0.335 e. The van der Waals surface area contributed by atoms with Gasteiger partial charge in [0, 0.05) is 18.5 Å². The lowest BCUT2D eigenvalue weighted by Crippen LogP contribution is -2.24. The predicted octanol–water partition coefficient (Wildman–Crippen LogP) is 1.43. The number of hydrogen-bond donors (Lipinski definition) is 1. The molecule has 92 valence electrons. The van der Waals surface area contributed by atoms with Crippen LogP contribution in [0.25, 0.3) is 0 Å². The monoisotopic (exact) mass is 261 g/mol. The van der Waals surface area contributed by atoms with Crippen LogP contribution >= 0.6 is 11.8 Å². The first-order valence-corrected chi connectivity index (χ1v) is 6.56. The van der Waals surface area contributed by atoms with E-state index in [-0.39, 0.29) is 11.8 Å². The summed E-state index contributed by atoms with van der Waals surface area (Å²) in [5.41, 5.74) is 1.71. The number of nitrogens with zero attached hydrogens (tertiary/aromatic N) is 2. The molecule has 6 heteroatoms. The normalized spacial score (nSPS) is 18.1. The minimum atomic E-state index is -0.250. The van der Waals surface area contributed by atoms with Crippen LogP contribution in [0.5, 0.6) is 0 Å². The van der Waals surface area contributed by atoms with Crippen molar-refractivity contribution in [2.24, 2.45) is 4.99 Å². The molecule has 2 aliphatic heterocycles. The fourth-order valence-corrected chi connectivity index (χ4v) is 2.72. The van der Waals surface area contributed by atoms with E-state index in [4.69, 9.17) is 0 Å². The molecular formula is C12H11N3O2S. The Bertz CT molecular complexity index is 583. The van der Waals surface area contributed by atoms with E-state index in [1.54, 1.807) is 30.0 Å². The highest BCUT2D eigenvalue weighted by Gasteiger charge is 2.32. The summed E-state index contributed by atoms with van der Waals surface area (Å²) in [5, 5.41) is 4.01. The van der Waals surface area contributed by atoms with Gasteiger partial charge in [0.2, 0.25) is 0 Å². The summed E-state index contributed by atoms with van der Waals surface area (Å²) in [6.07, 6.45) is 0. The van der Waals surface area contributed by atoms with Crippen LogP contribution in [0, 0.1) is 0 Å². The Morgan fingerprint density at radius 2 is 2.06 bits per heavy atom. The van der Waals surface area contributed by atoms with Gasteiger partial charge in [0.25, 0.3) is 11.8 Å². The minimum absolute atomic E-state index is 0.242. The second kappa shape index (κ2) is 4.13. The number of anilines is 1. The SMILES string of the molecule is CN1C(=O)c2ccc(NC3=NCCS3)cc2C1=O. The maximum absolute atomic E-state index is 11.8. The molecule has 0 aromatic heterocycles. The first-order valence-electron chi connectivity index (χ1n) is 5.57. The number of amidine groups is 1. The van der Waals surface area contributed by atoms with Crippen LogP contribution in [-0.4, -0.2) is 41.2 Å². The Morgan fingerprint density at radius 3 is 2.78 bits per heavy atom. The van der Waals surface area contributed by atoms with Gasteiger partial charge >= 0.3 is 0 Å². The Hall–Kier alpha value is -1.82. The number of imide groups is 1. The summed E-state index contributed by atoms with van der Waals surface area (Å²) in [5.74, 6) is 0.488. The lowest BCUT2D eigenvalue weighted by atomic mass is 10.1. The number of rotatable bonds is 1. The van der Waals surface area contributed by atoms with Crippen molar-refractivity contribution in [3.8, 4) is 0 Å². The molecule has 0 unspecified atom stereocenters. The van der Waals surface area contributed by atoms with Crippen molar-refractivity contribution in [1.82, 2.24) is 4.90 Å². The second-order valence-corrected chi connectivity index (χ2v) is 5.17. The van der Waals surface area contributed by atoms with E-state index in [0.717, 1.165) is 28.1 Å². The van der Waals surface area contributed by atoms with E-state index in [1.165, 1.54) is 7.05 Å². The third-order valence-corrected chi connectivity index (χ3v) is 3.82. The van der Waals surface area contributed by atoms with Crippen LogP contribution in [0.15, 0.2) is 23.2 Å².